The molecule has 102 valence electrons. The molecule has 1 aromatic rings. The Labute approximate surface area is 110 Å². The van der Waals surface area contributed by atoms with E-state index in [1.807, 2.05) is 27.0 Å². The van der Waals surface area contributed by atoms with Crippen LogP contribution in [0.5, 0.6) is 5.75 Å². The molecule has 3 nitrogen and oxygen atoms in total. The van der Waals surface area contributed by atoms with Gasteiger partial charge in [0.2, 0.25) is 0 Å². The zero-order valence-electron chi connectivity index (χ0n) is 12.2. The third kappa shape index (κ3) is 3.03. The van der Waals surface area contributed by atoms with Crippen molar-refractivity contribution in [1.29, 1.82) is 0 Å². The summed E-state index contributed by atoms with van der Waals surface area (Å²) in [4.78, 5) is 0. The lowest BCUT2D eigenvalue weighted by molar-refractivity contribution is 0.139. The zero-order valence-corrected chi connectivity index (χ0v) is 12.2. The van der Waals surface area contributed by atoms with Crippen LogP contribution in [-0.2, 0) is 0 Å². The molecule has 0 heterocycles. The van der Waals surface area contributed by atoms with Gasteiger partial charge in [0.25, 0.3) is 0 Å². The van der Waals surface area contributed by atoms with Crippen LogP contribution in [0, 0.1) is 6.92 Å². The number of ether oxygens (including phenoxy) is 1. The molecule has 0 aliphatic carbocycles. The lowest BCUT2D eigenvalue weighted by Gasteiger charge is -2.23. The fourth-order valence-corrected chi connectivity index (χ4v) is 2.09. The Morgan fingerprint density at radius 3 is 2.22 bits per heavy atom. The monoisotopic (exact) mass is 251 g/mol. The molecule has 0 fully saturated rings. The second kappa shape index (κ2) is 6.21. The molecule has 1 rings (SSSR count). The third-order valence-corrected chi connectivity index (χ3v) is 3.49. The zero-order chi connectivity index (χ0) is 13.9. The maximum absolute atomic E-state index is 10.3. The van der Waals surface area contributed by atoms with Gasteiger partial charge in [-0.05, 0) is 55.6 Å². The molecule has 1 aromatic carbocycles. The maximum Gasteiger partial charge on any atom is 0.122 e. The molecule has 0 radical (unpaired) electrons. The first kappa shape index (κ1) is 15.0. The SMILES string of the molecule is CNC(C)C(O)c1cc(C(C)C)c(OC)cc1C. The molecule has 0 bridgehead atoms. The van der Waals surface area contributed by atoms with Crippen molar-refractivity contribution in [2.45, 2.75) is 45.8 Å². The minimum atomic E-state index is -0.501. The van der Waals surface area contributed by atoms with E-state index in [1.165, 1.54) is 0 Å². The highest BCUT2D eigenvalue weighted by Gasteiger charge is 2.19. The van der Waals surface area contributed by atoms with Gasteiger partial charge in [-0.25, -0.2) is 0 Å². The summed E-state index contributed by atoms with van der Waals surface area (Å²) in [5, 5.41) is 13.4. The highest BCUT2D eigenvalue weighted by molar-refractivity contribution is 5.45. The average Bonchev–Trinajstić information content (AvgIpc) is 2.36. The van der Waals surface area contributed by atoms with Gasteiger partial charge >= 0.3 is 0 Å². The molecule has 0 spiro atoms. The van der Waals surface area contributed by atoms with Gasteiger partial charge in [-0.15, -0.1) is 0 Å². The lowest BCUT2D eigenvalue weighted by atomic mass is 9.92. The average molecular weight is 251 g/mol. The molecule has 0 aliphatic rings. The third-order valence-electron chi connectivity index (χ3n) is 3.49. The minimum Gasteiger partial charge on any atom is -0.496 e. The van der Waals surface area contributed by atoms with Gasteiger partial charge in [-0.2, -0.15) is 0 Å². The van der Waals surface area contributed by atoms with Gasteiger partial charge in [-0.1, -0.05) is 13.8 Å². The van der Waals surface area contributed by atoms with E-state index in [1.54, 1.807) is 7.11 Å². The summed E-state index contributed by atoms with van der Waals surface area (Å²) in [5.74, 6) is 1.27. The Balaban J connectivity index is 3.25. The number of aliphatic hydroxyl groups is 1. The second-order valence-corrected chi connectivity index (χ2v) is 5.13. The highest BCUT2D eigenvalue weighted by atomic mass is 16.5. The van der Waals surface area contributed by atoms with Crippen molar-refractivity contribution in [3.63, 3.8) is 0 Å². The number of rotatable bonds is 5. The Morgan fingerprint density at radius 2 is 1.78 bits per heavy atom. The number of benzene rings is 1. The van der Waals surface area contributed by atoms with E-state index in [0.29, 0.717) is 5.92 Å². The van der Waals surface area contributed by atoms with E-state index in [9.17, 15) is 5.11 Å². The smallest absolute Gasteiger partial charge is 0.122 e. The van der Waals surface area contributed by atoms with Gasteiger partial charge in [0.05, 0.1) is 13.2 Å². The summed E-state index contributed by atoms with van der Waals surface area (Å²) in [6.07, 6.45) is -0.501. The molecule has 18 heavy (non-hydrogen) atoms. The second-order valence-electron chi connectivity index (χ2n) is 5.13. The molecule has 2 N–H and O–H groups in total. The first-order chi connectivity index (χ1) is 8.42. The Kier molecular flexibility index (Phi) is 5.17. The van der Waals surface area contributed by atoms with Gasteiger partial charge in [-0.3, -0.25) is 0 Å². The first-order valence-corrected chi connectivity index (χ1v) is 6.46. The van der Waals surface area contributed by atoms with Crippen molar-refractivity contribution in [3.8, 4) is 5.75 Å². The van der Waals surface area contributed by atoms with Crippen molar-refractivity contribution in [2.75, 3.05) is 14.2 Å². The standard InChI is InChI=1S/C15H25NO2/c1-9(2)12-8-13(15(17)11(4)16-5)10(3)7-14(12)18-6/h7-9,11,15-17H,1-6H3. The summed E-state index contributed by atoms with van der Waals surface area (Å²) >= 11 is 0. The minimum absolute atomic E-state index is 0.0251. The van der Waals surface area contributed by atoms with Crippen LogP contribution in [0.4, 0.5) is 0 Å². The largest absolute Gasteiger partial charge is 0.496 e. The maximum atomic E-state index is 10.3. The molecular formula is C15H25NO2. The predicted octanol–water partition coefficient (Wildman–Crippen LogP) is 2.77. The number of nitrogens with one attached hydrogen (secondary N) is 1. The van der Waals surface area contributed by atoms with Crippen LogP contribution in [0.1, 0.15) is 49.5 Å². The van der Waals surface area contributed by atoms with E-state index in [4.69, 9.17) is 4.74 Å². The van der Waals surface area contributed by atoms with E-state index >= 15 is 0 Å². The molecule has 0 aromatic heterocycles. The molecule has 0 amide bonds. The number of hydrogen-bond acceptors (Lipinski definition) is 3. The molecule has 0 aliphatic heterocycles. The van der Waals surface area contributed by atoms with Gasteiger partial charge in [0.15, 0.2) is 0 Å². The van der Waals surface area contributed by atoms with Crippen molar-refractivity contribution >= 4 is 0 Å². The summed E-state index contributed by atoms with van der Waals surface area (Å²) in [7, 11) is 3.54. The summed E-state index contributed by atoms with van der Waals surface area (Å²) in [6, 6.07) is 4.10. The molecular weight excluding hydrogens is 226 g/mol. The summed E-state index contributed by atoms with van der Waals surface area (Å²) in [5.41, 5.74) is 3.17. The Bertz CT molecular complexity index is 402. The Hall–Kier alpha value is -1.06. The normalized spacial score (nSPS) is 14.7. The lowest BCUT2D eigenvalue weighted by Crippen LogP contribution is -2.29. The number of likely N-dealkylation sites (N-methyl/N-ethyl adjacent to an activating group) is 1. The number of methoxy groups -OCH3 is 1. The fraction of sp³-hybridized carbons (Fsp3) is 0.600. The first-order valence-electron chi connectivity index (χ1n) is 6.46. The summed E-state index contributed by atoms with van der Waals surface area (Å²) < 4.78 is 5.41. The fourth-order valence-electron chi connectivity index (χ4n) is 2.09. The van der Waals surface area contributed by atoms with Crippen LogP contribution >= 0.6 is 0 Å². The van der Waals surface area contributed by atoms with Gasteiger partial charge < -0.3 is 15.2 Å². The van der Waals surface area contributed by atoms with Crippen LogP contribution in [0.15, 0.2) is 12.1 Å². The molecule has 0 saturated heterocycles. The van der Waals surface area contributed by atoms with E-state index in [0.717, 1.165) is 22.4 Å². The Morgan fingerprint density at radius 1 is 1.17 bits per heavy atom. The summed E-state index contributed by atoms with van der Waals surface area (Å²) in [6.45, 7) is 8.24. The number of aliphatic hydroxyl groups excluding tert-OH is 1. The van der Waals surface area contributed by atoms with E-state index < -0.39 is 6.10 Å². The van der Waals surface area contributed by atoms with Crippen molar-refractivity contribution in [2.24, 2.45) is 0 Å². The predicted molar refractivity (Wildman–Crippen MR) is 75.3 cm³/mol. The van der Waals surface area contributed by atoms with Gasteiger partial charge in [0.1, 0.15) is 5.75 Å². The van der Waals surface area contributed by atoms with Crippen molar-refractivity contribution < 1.29 is 9.84 Å². The molecule has 3 heteroatoms. The van der Waals surface area contributed by atoms with E-state index in [-0.39, 0.29) is 6.04 Å². The van der Waals surface area contributed by atoms with Crippen LogP contribution < -0.4 is 10.1 Å². The van der Waals surface area contributed by atoms with Crippen molar-refractivity contribution in [1.82, 2.24) is 5.32 Å². The van der Waals surface area contributed by atoms with Crippen molar-refractivity contribution in [3.05, 3.63) is 28.8 Å². The van der Waals surface area contributed by atoms with Crippen LogP contribution in [-0.4, -0.2) is 25.3 Å². The topological polar surface area (TPSA) is 41.5 Å². The van der Waals surface area contributed by atoms with Crippen LogP contribution in [0.2, 0.25) is 0 Å². The quantitative estimate of drug-likeness (QED) is 0.845. The van der Waals surface area contributed by atoms with E-state index in [2.05, 4.69) is 25.2 Å². The van der Waals surface area contributed by atoms with Crippen LogP contribution in [0.25, 0.3) is 0 Å². The number of aryl methyl sites for hydroxylation is 1. The van der Waals surface area contributed by atoms with Crippen LogP contribution in [0.3, 0.4) is 0 Å². The molecule has 2 unspecified atom stereocenters. The van der Waals surface area contributed by atoms with Gasteiger partial charge in [0, 0.05) is 6.04 Å². The molecule has 0 saturated carbocycles. The highest BCUT2D eigenvalue weighted by Crippen LogP contribution is 2.32. The number of hydrogen-bond donors (Lipinski definition) is 2. The molecule has 2 atom stereocenters.